The molecule has 0 aliphatic heterocycles. The number of hydrogen-bond acceptors (Lipinski definition) is 2. The summed E-state index contributed by atoms with van der Waals surface area (Å²) in [5.74, 6) is -0.486. The van der Waals surface area contributed by atoms with Crippen LogP contribution in [0.15, 0.2) is 42.5 Å². The summed E-state index contributed by atoms with van der Waals surface area (Å²) in [6.45, 7) is 1.89. The van der Waals surface area contributed by atoms with Gasteiger partial charge in [-0.05, 0) is 49.2 Å². The quantitative estimate of drug-likeness (QED) is 0.850. The zero-order chi connectivity index (χ0) is 15.4. The summed E-state index contributed by atoms with van der Waals surface area (Å²) in [7, 11) is 0. The molecule has 0 aromatic heterocycles. The van der Waals surface area contributed by atoms with Gasteiger partial charge in [-0.3, -0.25) is 4.79 Å². The molecule has 0 heterocycles. The molecule has 0 aliphatic carbocycles. The lowest BCUT2D eigenvalue weighted by Gasteiger charge is -2.14. The molecular weight excluding hydrogens is 291 g/mol. The molecule has 0 fully saturated rings. The predicted molar refractivity (Wildman–Crippen MR) is 82.9 cm³/mol. The number of amides is 1. The highest BCUT2D eigenvalue weighted by atomic mass is 35.5. The minimum absolute atomic E-state index is 0.0835. The molecule has 1 unspecified atom stereocenters. The predicted octanol–water partition coefficient (Wildman–Crippen LogP) is 3.42. The van der Waals surface area contributed by atoms with Gasteiger partial charge in [0.2, 0.25) is 0 Å². The SMILES string of the molecule is CC(Cc1ccc(F)cc1)NC(=O)c1ccc(Cl)c(N)c1. The number of nitrogens with one attached hydrogen (secondary N) is 1. The third kappa shape index (κ3) is 4.20. The first-order valence-corrected chi connectivity index (χ1v) is 6.94. The minimum Gasteiger partial charge on any atom is -0.398 e. The number of hydrogen-bond donors (Lipinski definition) is 2. The van der Waals surface area contributed by atoms with Gasteiger partial charge in [0.15, 0.2) is 0 Å². The molecule has 3 nitrogen and oxygen atoms in total. The average molecular weight is 307 g/mol. The standard InChI is InChI=1S/C16H16ClFN2O/c1-10(8-11-2-5-13(18)6-3-11)20-16(21)12-4-7-14(17)15(19)9-12/h2-7,9-10H,8,19H2,1H3,(H,20,21). The van der Waals surface area contributed by atoms with E-state index in [0.29, 0.717) is 22.7 Å². The topological polar surface area (TPSA) is 55.1 Å². The van der Waals surface area contributed by atoms with E-state index in [2.05, 4.69) is 5.32 Å². The fourth-order valence-electron chi connectivity index (χ4n) is 2.02. The maximum atomic E-state index is 12.8. The summed E-state index contributed by atoms with van der Waals surface area (Å²) in [4.78, 5) is 12.1. The summed E-state index contributed by atoms with van der Waals surface area (Å²) in [6, 6.07) is 10.9. The molecule has 0 saturated carbocycles. The molecule has 21 heavy (non-hydrogen) atoms. The first-order chi connectivity index (χ1) is 9.95. The van der Waals surface area contributed by atoms with E-state index in [9.17, 15) is 9.18 Å². The maximum Gasteiger partial charge on any atom is 0.251 e. The summed E-state index contributed by atoms with van der Waals surface area (Å²) < 4.78 is 12.8. The van der Waals surface area contributed by atoms with E-state index in [1.807, 2.05) is 6.92 Å². The molecule has 2 rings (SSSR count). The van der Waals surface area contributed by atoms with E-state index in [1.54, 1.807) is 30.3 Å². The number of carbonyl (C=O) groups is 1. The fourth-order valence-corrected chi connectivity index (χ4v) is 2.13. The van der Waals surface area contributed by atoms with E-state index in [1.165, 1.54) is 12.1 Å². The van der Waals surface area contributed by atoms with Crippen molar-refractivity contribution in [3.8, 4) is 0 Å². The van der Waals surface area contributed by atoms with Crippen molar-refractivity contribution < 1.29 is 9.18 Å². The van der Waals surface area contributed by atoms with Crippen molar-refractivity contribution >= 4 is 23.2 Å². The second kappa shape index (κ2) is 6.59. The monoisotopic (exact) mass is 306 g/mol. The van der Waals surface area contributed by atoms with Crippen LogP contribution >= 0.6 is 11.6 Å². The van der Waals surface area contributed by atoms with Gasteiger partial charge in [0, 0.05) is 11.6 Å². The number of carbonyl (C=O) groups excluding carboxylic acids is 1. The van der Waals surface area contributed by atoms with Crippen LogP contribution in [0.25, 0.3) is 0 Å². The molecule has 5 heteroatoms. The van der Waals surface area contributed by atoms with E-state index in [-0.39, 0.29) is 17.8 Å². The van der Waals surface area contributed by atoms with Gasteiger partial charge in [0.05, 0.1) is 10.7 Å². The van der Waals surface area contributed by atoms with Crippen LogP contribution in [0, 0.1) is 5.82 Å². The number of halogens is 2. The number of benzene rings is 2. The van der Waals surface area contributed by atoms with Crippen molar-refractivity contribution in [2.75, 3.05) is 5.73 Å². The van der Waals surface area contributed by atoms with Gasteiger partial charge in [-0.1, -0.05) is 23.7 Å². The van der Waals surface area contributed by atoms with Crippen molar-refractivity contribution in [3.63, 3.8) is 0 Å². The van der Waals surface area contributed by atoms with Crippen LogP contribution in [-0.2, 0) is 6.42 Å². The van der Waals surface area contributed by atoms with Gasteiger partial charge >= 0.3 is 0 Å². The number of nitrogens with two attached hydrogens (primary N) is 1. The Hall–Kier alpha value is -2.07. The van der Waals surface area contributed by atoms with E-state index < -0.39 is 0 Å². The third-order valence-electron chi connectivity index (χ3n) is 3.09. The fraction of sp³-hybridized carbons (Fsp3) is 0.188. The summed E-state index contributed by atoms with van der Waals surface area (Å²) in [5.41, 5.74) is 7.47. The van der Waals surface area contributed by atoms with Crippen molar-refractivity contribution in [3.05, 3.63) is 64.4 Å². The minimum atomic E-state index is -0.271. The normalized spacial score (nSPS) is 12.0. The Labute approximate surface area is 127 Å². The highest BCUT2D eigenvalue weighted by Crippen LogP contribution is 2.19. The largest absolute Gasteiger partial charge is 0.398 e. The Balaban J connectivity index is 1.98. The third-order valence-corrected chi connectivity index (χ3v) is 3.44. The lowest BCUT2D eigenvalue weighted by Crippen LogP contribution is -2.34. The van der Waals surface area contributed by atoms with Crippen molar-refractivity contribution in [2.24, 2.45) is 0 Å². The van der Waals surface area contributed by atoms with Crippen LogP contribution in [0.2, 0.25) is 5.02 Å². The second-order valence-corrected chi connectivity index (χ2v) is 5.35. The van der Waals surface area contributed by atoms with Gasteiger partial charge in [0.25, 0.3) is 5.91 Å². The zero-order valence-electron chi connectivity index (χ0n) is 11.6. The van der Waals surface area contributed by atoms with Crippen LogP contribution in [0.3, 0.4) is 0 Å². The summed E-state index contributed by atoms with van der Waals surface area (Å²) in [6.07, 6.45) is 0.620. The molecule has 3 N–H and O–H groups in total. The summed E-state index contributed by atoms with van der Waals surface area (Å²) >= 11 is 5.82. The Morgan fingerprint density at radius 3 is 2.57 bits per heavy atom. The Bertz CT molecular complexity index is 643. The second-order valence-electron chi connectivity index (χ2n) is 4.94. The van der Waals surface area contributed by atoms with Crippen molar-refractivity contribution in [1.29, 1.82) is 0 Å². The Kier molecular flexibility index (Phi) is 4.81. The van der Waals surface area contributed by atoms with Crippen molar-refractivity contribution in [1.82, 2.24) is 5.32 Å². The lowest BCUT2D eigenvalue weighted by atomic mass is 10.1. The molecule has 2 aromatic rings. The zero-order valence-corrected chi connectivity index (χ0v) is 12.3. The Morgan fingerprint density at radius 2 is 1.95 bits per heavy atom. The van der Waals surface area contributed by atoms with Crippen LogP contribution in [0.1, 0.15) is 22.8 Å². The van der Waals surface area contributed by atoms with Crippen molar-refractivity contribution in [2.45, 2.75) is 19.4 Å². The number of rotatable bonds is 4. The highest BCUT2D eigenvalue weighted by molar-refractivity contribution is 6.33. The molecule has 0 spiro atoms. The first-order valence-electron chi connectivity index (χ1n) is 6.56. The number of nitrogen functional groups attached to an aromatic ring is 1. The van der Waals surface area contributed by atoms with Gasteiger partial charge in [0.1, 0.15) is 5.82 Å². The molecule has 2 aromatic carbocycles. The van der Waals surface area contributed by atoms with Gasteiger partial charge in [-0.25, -0.2) is 4.39 Å². The maximum absolute atomic E-state index is 12.8. The van der Waals surface area contributed by atoms with Crippen LogP contribution in [-0.4, -0.2) is 11.9 Å². The highest BCUT2D eigenvalue weighted by Gasteiger charge is 2.11. The van der Waals surface area contributed by atoms with Gasteiger partial charge < -0.3 is 11.1 Å². The van der Waals surface area contributed by atoms with Gasteiger partial charge in [-0.2, -0.15) is 0 Å². The average Bonchev–Trinajstić information content (AvgIpc) is 2.44. The lowest BCUT2D eigenvalue weighted by molar-refractivity contribution is 0.0940. The Morgan fingerprint density at radius 1 is 1.29 bits per heavy atom. The number of anilines is 1. The molecule has 1 atom stereocenters. The molecule has 0 aliphatic rings. The van der Waals surface area contributed by atoms with Gasteiger partial charge in [-0.15, -0.1) is 0 Å². The molecule has 1 amide bonds. The molecule has 110 valence electrons. The smallest absolute Gasteiger partial charge is 0.251 e. The molecule has 0 radical (unpaired) electrons. The van der Waals surface area contributed by atoms with E-state index >= 15 is 0 Å². The van der Waals surface area contributed by atoms with E-state index in [4.69, 9.17) is 17.3 Å². The molecule has 0 bridgehead atoms. The van der Waals surface area contributed by atoms with Crippen LogP contribution < -0.4 is 11.1 Å². The van der Waals surface area contributed by atoms with E-state index in [0.717, 1.165) is 5.56 Å². The summed E-state index contributed by atoms with van der Waals surface area (Å²) in [5, 5.41) is 3.30. The molecular formula is C16H16ClFN2O. The van der Waals surface area contributed by atoms with Crippen LogP contribution in [0.5, 0.6) is 0 Å². The first kappa shape index (κ1) is 15.3. The van der Waals surface area contributed by atoms with Crippen LogP contribution in [0.4, 0.5) is 10.1 Å². The molecule has 0 saturated heterocycles.